The van der Waals surface area contributed by atoms with Crippen LogP contribution in [0.25, 0.3) is 0 Å². The average Bonchev–Trinajstić information content (AvgIpc) is 2.81. The van der Waals surface area contributed by atoms with E-state index in [0.29, 0.717) is 23.4 Å². The number of rotatable bonds is 7. The normalized spacial score (nSPS) is 16.6. The van der Waals surface area contributed by atoms with Crippen molar-refractivity contribution in [2.45, 2.75) is 12.8 Å². The number of piperazine rings is 1. The van der Waals surface area contributed by atoms with Crippen LogP contribution in [0.5, 0.6) is 11.5 Å². The molecule has 7 nitrogen and oxygen atoms in total. The first-order valence-electron chi connectivity index (χ1n) is 10.7. The molecule has 0 bridgehead atoms. The van der Waals surface area contributed by atoms with Crippen molar-refractivity contribution in [3.8, 4) is 11.5 Å². The number of fused-ring (bicyclic) bond motifs is 1. The van der Waals surface area contributed by atoms with Crippen LogP contribution < -0.4 is 19.3 Å². The molecule has 1 amide bonds. The monoisotopic (exact) mass is 423 g/mol. The number of methoxy groups -OCH3 is 1. The van der Waals surface area contributed by atoms with Crippen molar-refractivity contribution in [1.29, 1.82) is 0 Å². The van der Waals surface area contributed by atoms with Crippen LogP contribution in [0.15, 0.2) is 42.5 Å². The molecule has 0 radical (unpaired) electrons. The van der Waals surface area contributed by atoms with Crippen molar-refractivity contribution in [3.63, 3.8) is 0 Å². The number of amides is 1. The Hall–Kier alpha value is -3.06. The van der Waals surface area contributed by atoms with Gasteiger partial charge in [0, 0.05) is 45.2 Å². The van der Waals surface area contributed by atoms with Gasteiger partial charge in [-0.05, 0) is 43.3 Å². The Labute approximate surface area is 183 Å². The van der Waals surface area contributed by atoms with Crippen molar-refractivity contribution >= 4 is 23.1 Å². The number of ether oxygens (including phenoxy) is 2. The highest BCUT2D eigenvalue weighted by atomic mass is 16.5. The highest BCUT2D eigenvalue weighted by Gasteiger charge is 2.23. The Balaban J connectivity index is 1.25. The molecule has 4 rings (SSSR count). The number of ketones is 1. The number of carbonyl (C=O) groups excluding carboxylic acids is 2. The summed E-state index contributed by atoms with van der Waals surface area (Å²) in [7, 11) is 3.43. The molecular weight excluding hydrogens is 394 g/mol. The summed E-state index contributed by atoms with van der Waals surface area (Å²) in [5, 5.41) is 0. The summed E-state index contributed by atoms with van der Waals surface area (Å²) in [6, 6.07) is 13.5. The summed E-state index contributed by atoms with van der Waals surface area (Å²) >= 11 is 0. The lowest BCUT2D eigenvalue weighted by molar-refractivity contribution is -0.120. The Morgan fingerprint density at radius 1 is 1.06 bits per heavy atom. The van der Waals surface area contributed by atoms with Gasteiger partial charge in [0.25, 0.3) is 5.91 Å². The second-order valence-electron chi connectivity index (χ2n) is 7.95. The lowest BCUT2D eigenvalue weighted by atomic mass is 10.0. The molecule has 0 unspecified atom stereocenters. The largest absolute Gasteiger partial charge is 0.495 e. The second kappa shape index (κ2) is 9.39. The van der Waals surface area contributed by atoms with Gasteiger partial charge in [-0.1, -0.05) is 12.1 Å². The fraction of sp³-hybridized carbons (Fsp3) is 0.417. The maximum atomic E-state index is 12.6. The number of Topliss-reactive ketones (excluding diaryl/α,β-unsaturated/α-hetero) is 1. The van der Waals surface area contributed by atoms with E-state index >= 15 is 0 Å². The fourth-order valence-electron chi connectivity index (χ4n) is 4.16. The zero-order valence-corrected chi connectivity index (χ0v) is 18.2. The van der Waals surface area contributed by atoms with Crippen LogP contribution in [0.2, 0.25) is 0 Å². The van der Waals surface area contributed by atoms with Gasteiger partial charge in [0.2, 0.25) is 0 Å². The number of carbonyl (C=O) groups is 2. The molecule has 164 valence electrons. The predicted octanol–water partition coefficient (Wildman–Crippen LogP) is 2.84. The molecule has 1 fully saturated rings. The van der Waals surface area contributed by atoms with Crippen molar-refractivity contribution in [1.82, 2.24) is 4.90 Å². The molecule has 2 aliphatic rings. The minimum absolute atomic E-state index is 0.0159. The SMILES string of the molecule is COc1ccccc1N1CCN(CCCC(=O)c2ccc3c(c2)OCC(=O)N3C)CC1. The van der Waals surface area contributed by atoms with Crippen molar-refractivity contribution in [2.75, 3.05) is 63.3 Å². The molecule has 0 N–H and O–H groups in total. The second-order valence-corrected chi connectivity index (χ2v) is 7.95. The summed E-state index contributed by atoms with van der Waals surface area (Å²) in [6.07, 6.45) is 1.32. The van der Waals surface area contributed by atoms with Gasteiger partial charge >= 0.3 is 0 Å². The minimum atomic E-state index is -0.0858. The first kappa shape index (κ1) is 21.2. The number of benzene rings is 2. The fourth-order valence-corrected chi connectivity index (χ4v) is 4.16. The smallest absolute Gasteiger partial charge is 0.264 e. The standard InChI is InChI=1S/C24H29N3O4/c1-25-19-10-9-18(16-23(19)31-17-24(25)29)21(28)7-5-11-26-12-14-27(15-13-26)20-6-3-4-8-22(20)30-2/h3-4,6,8-10,16H,5,7,11-15,17H2,1-2H3. The van der Waals surface area contributed by atoms with E-state index < -0.39 is 0 Å². The van der Waals surface area contributed by atoms with Gasteiger partial charge in [-0.3, -0.25) is 14.5 Å². The van der Waals surface area contributed by atoms with Crippen LogP contribution in [-0.2, 0) is 4.79 Å². The predicted molar refractivity (Wildman–Crippen MR) is 121 cm³/mol. The van der Waals surface area contributed by atoms with Crippen LogP contribution in [-0.4, -0.2) is 70.1 Å². The van der Waals surface area contributed by atoms with Gasteiger partial charge in [-0.15, -0.1) is 0 Å². The molecule has 2 aliphatic heterocycles. The number of hydrogen-bond acceptors (Lipinski definition) is 6. The summed E-state index contributed by atoms with van der Waals surface area (Å²) in [5.74, 6) is 1.53. The number of nitrogens with zero attached hydrogens (tertiary/aromatic N) is 3. The Morgan fingerprint density at radius 2 is 1.84 bits per heavy atom. The molecule has 0 aromatic heterocycles. The third-order valence-electron chi connectivity index (χ3n) is 6.04. The first-order valence-corrected chi connectivity index (χ1v) is 10.7. The lowest BCUT2D eigenvalue weighted by Crippen LogP contribution is -2.46. The van der Waals surface area contributed by atoms with Gasteiger partial charge in [0.05, 0.1) is 18.5 Å². The van der Waals surface area contributed by atoms with Gasteiger partial charge in [0.1, 0.15) is 11.5 Å². The highest BCUT2D eigenvalue weighted by Crippen LogP contribution is 2.32. The molecule has 2 aromatic carbocycles. The van der Waals surface area contributed by atoms with Crippen LogP contribution in [0, 0.1) is 0 Å². The summed E-state index contributed by atoms with van der Waals surface area (Å²) in [6.45, 7) is 4.76. The Bertz CT molecular complexity index is 954. The molecule has 31 heavy (non-hydrogen) atoms. The minimum Gasteiger partial charge on any atom is -0.495 e. The molecule has 0 spiro atoms. The Kier molecular flexibility index (Phi) is 6.42. The van der Waals surface area contributed by atoms with Crippen LogP contribution in [0.3, 0.4) is 0 Å². The van der Waals surface area contributed by atoms with Crippen molar-refractivity contribution in [3.05, 3.63) is 48.0 Å². The van der Waals surface area contributed by atoms with Gasteiger partial charge in [0.15, 0.2) is 12.4 Å². The van der Waals surface area contributed by atoms with E-state index in [4.69, 9.17) is 9.47 Å². The van der Waals surface area contributed by atoms with Crippen LogP contribution >= 0.6 is 0 Å². The third-order valence-corrected chi connectivity index (χ3v) is 6.04. The van der Waals surface area contributed by atoms with Gasteiger partial charge < -0.3 is 19.3 Å². The summed E-state index contributed by atoms with van der Waals surface area (Å²) in [5.41, 5.74) is 2.49. The average molecular weight is 424 g/mol. The number of para-hydroxylation sites is 2. The van der Waals surface area contributed by atoms with E-state index in [9.17, 15) is 9.59 Å². The highest BCUT2D eigenvalue weighted by molar-refractivity contribution is 6.00. The van der Waals surface area contributed by atoms with E-state index in [-0.39, 0.29) is 18.3 Å². The maximum absolute atomic E-state index is 12.6. The van der Waals surface area contributed by atoms with E-state index in [0.717, 1.165) is 50.6 Å². The molecule has 0 saturated carbocycles. The topological polar surface area (TPSA) is 62.3 Å². The molecule has 7 heteroatoms. The zero-order valence-electron chi connectivity index (χ0n) is 18.2. The summed E-state index contributed by atoms with van der Waals surface area (Å²) < 4.78 is 11.0. The van der Waals surface area contributed by atoms with E-state index in [2.05, 4.69) is 15.9 Å². The van der Waals surface area contributed by atoms with Crippen LogP contribution in [0.4, 0.5) is 11.4 Å². The van der Waals surface area contributed by atoms with Gasteiger partial charge in [-0.25, -0.2) is 0 Å². The first-order chi connectivity index (χ1) is 15.1. The molecule has 2 heterocycles. The lowest BCUT2D eigenvalue weighted by Gasteiger charge is -2.36. The van der Waals surface area contributed by atoms with E-state index in [1.54, 1.807) is 37.3 Å². The number of hydrogen-bond donors (Lipinski definition) is 0. The maximum Gasteiger partial charge on any atom is 0.264 e. The molecule has 2 aromatic rings. The Morgan fingerprint density at radius 3 is 2.61 bits per heavy atom. The molecule has 1 saturated heterocycles. The zero-order chi connectivity index (χ0) is 21.8. The number of likely N-dealkylation sites (N-methyl/N-ethyl adjacent to an activating group) is 1. The van der Waals surface area contributed by atoms with Crippen molar-refractivity contribution < 1.29 is 19.1 Å². The van der Waals surface area contributed by atoms with E-state index in [1.165, 1.54) is 0 Å². The summed E-state index contributed by atoms with van der Waals surface area (Å²) in [4.78, 5) is 30.7. The molecule has 0 atom stereocenters. The number of anilines is 2. The molecular formula is C24H29N3O4. The van der Waals surface area contributed by atoms with Crippen LogP contribution in [0.1, 0.15) is 23.2 Å². The van der Waals surface area contributed by atoms with E-state index in [1.807, 2.05) is 18.2 Å². The third kappa shape index (κ3) is 4.66. The van der Waals surface area contributed by atoms with Gasteiger partial charge in [-0.2, -0.15) is 0 Å². The van der Waals surface area contributed by atoms with Crippen molar-refractivity contribution in [2.24, 2.45) is 0 Å². The quantitative estimate of drug-likeness (QED) is 0.639. The molecule has 0 aliphatic carbocycles.